The number of nitrogens with zero attached hydrogens (tertiary/aromatic N) is 1. The number of nitrogens with one attached hydrogen (secondary N) is 1. The van der Waals surface area contributed by atoms with Crippen LogP contribution in [-0.4, -0.2) is 36.6 Å². The molecule has 1 saturated heterocycles. The third-order valence-electron chi connectivity index (χ3n) is 5.64. The van der Waals surface area contributed by atoms with E-state index < -0.39 is 0 Å². The van der Waals surface area contributed by atoms with Crippen LogP contribution < -0.4 is 5.32 Å². The fourth-order valence-electron chi connectivity index (χ4n) is 4.33. The van der Waals surface area contributed by atoms with Gasteiger partial charge in [-0.15, -0.1) is 0 Å². The third kappa shape index (κ3) is 4.19. The van der Waals surface area contributed by atoms with E-state index in [1.807, 2.05) is 0 Å². The molecule has 1 N–H and O–H groups in total. The lowest BCUT2D eigenvalue weighted by molar-refractivity contribution is 0.0451. The molecule has 2 nitrogen and oxygen atoms in total. The fourth-order valence-corrected chi connectivity index (χ4v) is 4.33. The van der Waals surface area contributed by atoms with E-state index in [0.717, 1.165) is 18.0 Å². The Labute approximate surface area is 120 Å². The summed E-state index contributed by atoms with van der Waals surface area (Å²) >= 11 is 0. The Morgan fingerprint density at radius 2 is 1.63 bits per heavy atom. The van der Waals surface area contributed by atoms with Gasteiger partial charge in [-0.2, -0.15) is 0 Å². The summed E-state index contributed by atoms with van der Waals surface area (Å²) in [6.45, 7) is 10.7. The molecule has 1 aliphatic carbocycles. The number of rotatable bonds is 5. The van der Waals surface area contributed by atoms with Crippen molar-refractivity contribution < 1.29 is 0 Å². The summed E-state index contributed by atoms with van der Waals surface area (Å²) in [4.78, 5) is 2.74. The van der Waals surface area contributed by atoms with Crippen LogP contribution in [0.1, 0.15) is 72.1 Å². The van der Waals surface area contributed by atoms with Crippen molar-refractivity contribution in [2.24, 2.45) is 5.41 Å². The minimum atomic E-state index is 0.658. The Morgan fingerprint density at radius 3 is 2.21 bits per heavy atom. The van der Waals surface area contributed by atoms with Crippen LogP contribution in [0.4, 0.5) is 0 Å². The fraction of sp³-hybridized carbons (Fsp3) is 1.00. The van der Waals surface area contributed by atoms with Crippen molar-refractivity contribution in [1.82, 2.24) is 10.2 Å². The predicted octanol–water partition coefficient (Wildman–Crippen LogP) is 3.81. The first-order chi connectivity index (χ1) is 9.15. The average molecular weight is 266 g/mol. The quantitative estimate of drug-likeness (QED) is 0.814. The second-order valence-electron chi connectivity index (χ2n) is 7.14. The van der Waals surface area contributed by atoms with Gasteiger partial charge >= 0.3 is 0 Å². The smallest absolute Gasteiger partial charge is 0.00816 e. The molecule has 2 aliphatic rings. The van der Waals surface area contributed by atoms with Crippen molar-refractivity contribution in [3.8, 4) is 0 Å². The molecule has 0 radical (unpaired) electrons. The summed E-state index contributed by atoms with van der Waals surface area (Å²) in [5.74, 6) is 0. The molecule has 2 atom stereocenters. The van der Waals surface area contributed by atoms with Crippen LogP contribution in [-0.2, 0) is 0 Å². The van der Waals surface area contributed by atoms with Crippen LogP contribution in [0.3, 0.4) is 0 Å². The van der Waals surface area contributed by atoms with Crippen molar-refractivity contribution in [3.05, 3.63) is 0 Å². The van der Waals surface area contributed by atoms with Gasteiger partial charge in [-0.05, 0) is 71.0 Å². The number of piperidine rings is 1. The molecular weight excluding hydrogens is 232 g/mol. The van der Waals surface area contributed by atoms with Crippen LogP contribution >= 0.6 is 0 Å². The minimum Gasteiger partial charge on any atom is -0.314 e. The summed E-state index contributed by atoms with van der Waals surface area (Å²) in [6, 6.07) is 1.40. The number of hydrogen-bond acceptors (Lipinski definition) is 2. The predicted molar refractivity (Wildman–Crippen MR) is 83.5 cm³/mol. The van der Waals surface area contributed by atoms with Gasteiger partial charge < -0.3 is 10.2 Å². The van der Waals surface area contributed by atoms with E-state index in [1.54, 1.807) is 0 Å². The van der Waals surface area contributed by atoms with Gasteiger partial charge in [0.15, 0.2) is 0 Å². The van der Waals surface area contributed by atoms with Gasteiger partial charge in [-0.1, -0.05) is 26.2 Å². The Balaban J connectivity index is 1.75. The third-order valence-corrected chi connectivity index (χ3v) is 5.64. The molecule has 2 fully saturated rings. The topological polar surface area (TPSA) is 15.3 Å². The maximum Gasteiger partial charge on any atom is 0.00816 e. The molecule has 1 saturated carbocycles. The molecule has 1 spiro atoms. The first-order valence-electron chi connectivity index (χ1n) is 8.63. The van der Waals surface area contributed by atoms with Crippen LogP contribution in [0.25, 0.3) is 0 Å². The Hall–Kier alpha value is -0.0800. The molecule has 0 aromatic carbocycles. The highest BCUT2D eigenvalue weighted by Gasteiger charge is 2.36. The van der Waals surface area contributed by atoms with E-state index in [9.17, 15) is 0 Å². The molecular formula is C17H34N2. The minimum absolute atomic E-state index is 0.658. The average Bonchev–Trinajstić information content (AvgIpc) is 2.40. The maximum atomic E-state index is 3.55. The lowest BCUT2D eigenvalue weighted by atomic mass is 9.68. The van der Waals surface area contributed by atoms with E-state index in [2.05, 4.69) is 31.0 Å². The van der Waals surface area contributed by atoms with Crippen molar-refractivity contribution in [2.75, 3.05) is 19.6 Å². The van der Waals surface area contributed by atoms with Gasteiger partial charge in [0.2, 0.25) is 0 Å². The Bertz CT molecular complexity index is 248. The summed E-state index contributed by atoms with van der Waals surface area (Å²) < 4.78 is 0. The van der Waals surface area contributed by atoms with Crippen molar-refractivity contribution in [1.29, 1.82) is 0 Å². The number of hydrogen-bond donors (Lipinski definition) is 1. The van der Waals surface area contributed by atoms with Gasteiger partial charge in [-0.25, -0.2) is 0 Å². The highest BCUT2D eigenvalue weighted by molar-refractivity contribution is 4.89. The van der Waals surface area contributed by atoms with Crippen molar-refractivity contribution in [3.63, 3.8) is 0 Å². The zero-order valence-electron chi connectivity index (χ0n) is 13.4. The highest BCUT2D eigenvalue weighted by Crippen LogP contribution is 2.44. The van der Waals surface area contributed by atoms with Gasteiger partial charge in [0, 0.05) is 12.1 Å². The van der Waals surface area contributed by atoms with Gasteiger partial charge in [0.05, 0.1) is 0 Å². The summed E-state index contributed by atoms with van der Waals surface area (Å²) in [7, 11) is 0. The highest BCUT2D eigenvalue weighted by atomic mass is 15.2. The normalized spacial score (nSPS) is 27.3. The van der Waals surface area contributed by atoms with E-state index >= 15 is 0 Å². The van der Waals surface area contributed by atoms with Crippen LogP contribution in [0.2, 0.25) is 0 Å². The van der Waals surface area contributed by atoms with Gasteiger partial charge in [0.25, 0.3) is 0 Å². The zero-order chi connectivity index (χ0) is 13.7. The maximum absolute atomic E-state index is 3.55. The lowest BCUT2D eigenvalue weighted by Gasteiger charge is -2.46. The molecule has 0 aromatic heterocycles. The first kappa shape index (κ1) is 15.3. The molecule has 112 valence electrons. The summed E-state index contributed by atoms with van der Waals surface area (Å²) in [6.07, 6.45) is 11.7. The second kappa shape index (κ2) is 7.08. The van der Waals surface area contributed by atoms with E-state index in [-0.39, 0.29) is 0 Å². The summed E-state index contributed by atoms with van der Waals surface area (Å²) in [5.41, 5.74) is 0.752. The lowest BCUT2D eigenvalue weighted by Crippen LogP contribution is -2.46. The monoisotopic (exact) mass is 266 g/mol. The Morgan fingerprint density at radius 1 is 1.00 bits per heavy atom. The Kier molecular flexibility index (Phi) is 5.70. The molecule has 2 heteroatoms. The van der Waals surface area contributed by atoms with Gasteiger partial charge in [-0.3, -0.25) is 0 Å². The second-order valence-corrected chi connectivity index (χ2v) is 7.14. The van der Waals surface area contributed by atoms with Crippen molar-refractivity contribution >= 4 is 0 Å². The molecule has 1 aliphatic heterocycles. The van der Waals surface area contributed by atoms with Gasteiger partial charge in [0.1, 0.15) is 0 Å². The molecule has 0 bridgehead atoms. The van der Waals surface area contributed by atoms with Crippen LogP contribution in [0.5, 0.6) is 0 Å². The van der Waals surface area contributed by atoms with E-state index in [0.29, 0.717) is 6.04 Å². The van der Waals surface area contributed by atoms with E-state index in [1.165, 1.54) is 64.5 Å². The summed E-state index contributed by atoms with van der Waals surface area (Å²) in [5, 5.41) is 3.55. The van der Waals surface area contributed by atoms with Crippen LogP contribution in [0.15, 0.2) is 0 Å². The zero-order valence-corrected chi connectivity index (χ0v) is 13.4. The largest absolute Gasteiger partial charge is 0.314 e. The van der Waals surface area contributed by atoms with Crippen molar-refractivity contribution in [2.45, 2.75) is 84.2 Å². The molecule has 0 amide bonds. The molecule has 1 heterocycles. The molecule has 2 unspecified atom stereocenters. The SMILES string of the molecule is CCNC(C)CC(C)N1CCC2(CCCCC2)CC1. The number of likely N-dealkylation sites (tertiary alicyclic amines) is 1. The molecule has 0 aromatic rings. The molecule has 19 heavy (non-hydrogen) atoms. The first-order valence-corrected chi connectivity index (χ1v) is 8.63. The van der Waals surface area contributed by atoms with E-state index in [4.69, 9.17) is 0 Å². The molecule has 2 rings (SSSR count). The standard InChI is InChI=1S/C17H34N2/c1-4-18-15(2)14-16(3)19-12-10-17(11-13-19)8-6-5-7-9-17/h15-16,18H,4-14H2,1-3H3. The van der Waals surface area contributed by atoms with Crippen LogP contribution in [0, 0.1) is 5.41 Å².